The molecular formula is C20H30N2O2. The van der Waals surface area contributed by atoms with Gasteiger partial charge in [0.2, 0.25) is 0 Å². The predicted molar refractivity (Wildman–Crippen MR) is 96.4 cm³/mol. The molecule has 132 valence electrons. The van der Waals surface area contributed by atoms with E-state index in [1.165, 1.54) is 37.9 Å². The van der Waals surface area contributed by atoms with Crippen molar-refractivity contribution in [3.8, 4) is 5.75 Å². The van der Waals surface area contributed by atoms with Gasteiger partial charge in [-0.15, -0.1) is 0 Å². The summed E-state index contributed by atoms with van der Waals surface area (Å²) in [6, 6.07) is 8.45. The second kappa shape index (κ2) is 9.19. The molecule has 0 radical (unpaired) electrons. The first-order valence-corrected chi connectivity index (χ1v) is 9.48. The number of nitrogens with zero attached hydrogens (tertiary/aromatic N) is 2. The molecule has 0 aromatic heterocycles. The Hall–Kier alpha value is -1.39. The van der Waals surface area contributed by atoms with Crippen molar-refractivity contribution < 1.29 is 9.53 Å². The molecule has 2 heterocycles. The van der Waals surface area contributed by atoms with E-state index in [-0.39, 0.29) is 0 Å². The molecule has 2 saturated heterocycles. The fourth-order valence-corrected chi connectivity index (χ4v) is 3.57. The zero-order valence-electron chi connectivity index (χ0n) is 14.7. The van der Waals surface area contributed by atoms with Gasteiger partial charge in [0.15, 0.2) is 0 Å². The first kappa shape index (κ1) is 17.4. The number of likely N-dealkylation sites (tertiary alicyclic amines) is 2. The second-order valence-corrected chi connectivity index (χ2v) is 7.06. The van der Waals surface area contributed by atoms with Crippen LogP contribution in [0.1, 0.15) is 44.1 Å². The van der Waals surface area contributed by atoms with Crippen molar-refractivity contribution in [1.82, 2.24) is 9.80 Å². The summed E-state index contributed by atoms with van der Waals surface area (Å²) in [4.78, 5) is 16.2. The lowest BCUT2D eigenvalue weighted by molar-refractivity contribution is -0.121. The lowest BCUT2D eigenvalue weighted by Gasteiger charge is -2.26. The minimum Gasteiger partial charge on any atom is -0.494 e. The minimum absolute atomic E-state index is 0.402. The lowest BCUT2D eigenvalue weighted by Crippen LogP contribution is -2.33. The van der Waals surface area contributed by atoms with Gasteiger partial charge in [-0.3, -0.25) is 9.69 Å². The molecule has 24 heavy (non-hydrogen) atoms. The van der Waals surface area contributed by atoms with Crippen LogP contribution >= 0.6 is 0 Å². The fraction of sp³-hybridized carbons (Fsp3) is 0.650. The predicted octanol–water partition coefficient (Wildman–Crippen LogP) is 3.11. The highest BCUT2D eigenvalue weighted by Crippen LogP contribution is 2.16. The van der Waals surface area contributed by atoms with Crippen LogP contribution in [0, 0.1) is 0 Å². The van der Waals surface area contributed by atoms with Gasteiger partial charge in [-0.1, -0.05) is 18.6 Å². The van der Waals surface area contributed by atoms with Crippen molar-refractivity contribution >= 4 is 5.78 Å². The molecule has 1 aromatic carbocycles. The van der Waals surface area contributed by atoms with Crippen LogP contribution in [0.2, 0.25) is 0 Å². The van der Waals surface area contributed by atoms with Gasteiger partial charge in [0, 0.05) is 39.0 Å². The smallest absolute Gasteiger partial charge is 0.135 e. The van der Waals surface area contributed by atoms with E-state index in [0.717, 1.165) is 45.0 Å². The molecule has 4 nitrogen and oxygen atoms in total. The van der Waals surface area contributed by atoms with Crippen LogP contribution in [-0.2, 0) is 11.3 Å². The van der Waals surface area contributed by atoms with Gasteiger partial charge in [-0.2, -0.15) is 0 Å². The molecule has 0 unspecified atom stereocenters. The second-order valence-electron chi connectivity index (χ2n) is 7.06. The molecule has 2 aliphatic rings. The van der Waals surface area contributed by atoms with Crippen molar-refractivity contribution in [3.05, 3.63) is 29.8 Å². The van der Waals surface area contributed by atoms with Gasteiger partial charge < -0.3 is 9.64 Å². The van der Waals surface area contributed by atoms with Gasteiger partial charge in [-0.25, -0.2) is 0 Å². The molecule has 0 spiro atoms. The molecule has 0 N–H and O–H groups in total. The van der Waals surface area contributed by atoms with E-state index >= 15 is 0 Å². The highest BCUT2D eigenvalue weighted by atomic mass is 16.5. The Morgan fingerprint density at radius 2 is 1.58 bits per heavy atom. The van der Waals surface area contributed by atoms with Crippen molar-refractivity contribution in [1.29, 1.82) is 0 Å². The van der Waals surface area contributed by atoms with Gasteiger partial charge in [-0.05, 0) is 50.0 Å². The Labute approximate surface area is 145 Å². The van der Waals surface area contributed by atoms with E-state index in [0.29, 0.717) is 18.6 Å². The molecule has 3 rings (SSSR count). The molecular weight excluding hydrogens is 300 g/mol. The SMILES string of the molecule is O=C1CCN(Cc2ccc(OCCCN3CCCCC3)cc2)CC1. The van der Waals surface area contributed by atoms with Crippen molar-refractivity contribution in [3.63, 3.8) is 0 Å². The minimum atomic E-state index is 0.402. The summed E-state index contributed by atoms with van der Waals surface area (Å²) in [6.07, 6.45) is 6.62. The van der Waals surface area contributed by atoms with Crippen LogP contribution in [0.4, 0.5) is 0 Å². The molecule has 4 heteroatoms. The highest BCUT2D eigenvalue weighted by Gasteiger charge is 2.16. The zero-order chi connectivity index (χ0) is 16.6. The Morgan fingerprint density at radius 3 is 2.29 bits per heavy atom. The number of benzene rings is 1. The average molecular weight is 330 g/mol. The molecule has 2 aliphatic heterocycles. The summed E-state index contributed by atoms with van der Waals surface area (Å²) in [5, 5.41) is 0. The van der Waals surface area contributed by atoms with Crippen LogP contribution in [0.5, 0.6) is 5.75 Å². The first-order chi connectivity index (χ1) is 11.8. The number of carbonyl (C=O) groups is 1. The van der Waals surface area contributed by atoms with Gasteiger partial charge in [0.05, 0.1) is 6.61 Å². The number of Topliss-reactive ketones (excluding diaryl/α,β-unsaturated/α-hetero) is 1. The molecule has 2 fully saturated rings. The standard InChI is InChI=1S/C20H30N2O2/c23-19-9-14-22(15-10-19)17-18-5-7-20(8-6-18)24-16-4-13-21-11-2-1-3-12-21/h5-8H,1-4,9-17H2. The van der Waals surface area contributed by atoms with Crippen LogP contribution in [-0.4, -0.2) is 54.9 Å². The highest BCUT2D eigenvalue weighted by molar-refractivity contribution is 5.79. The Morgan fingerprint density at radius 1 is 0.875 bits per heavy atom. The van der Waals surface area contributed by atoms with E-state index < -0.39 is 0 Å². The summed E-state index contributed by atoms with van der Waals surface area (Å²) in [6.45, 7) is 7.20. The third-order valence-corrected chi connectivity index (χ3v) is 5.08. The van der Waals surface area contributed by atoms with E-state index in [1.807, 2.05) is 0 Å². The number of ketones is 1. The summed E-state index contributed by atoms with van der Waals surface area (Å²) >= 11 is 0. The monoisotopic (exact) mass is 330 g/mol. The molecule has 0 atom stereocenters. The van der Waals surface area contributed by atoms with Gasteiger partial charge in [0.1, 0.15) is 11.5 Å². The maximum absolute atomic E-state index is 11.3. The van der Waals surface area contributed by atoms with Crippen molar-refractivity contribution in [2.75, 3.05) is 39.3 Å². The average Bonchev–Trinajstić information content (AvgIpc) is 2.63. The van der Waals surface area contributed by atoms with E-state index in [2.05, 4.69) is 34.1 Å². The maximum atomic E-state index is 11.3. The van der Waals surface area contributed by atoms with Gasteiger partial charge in [0.25, 0.3) is 0 Å². The molecule has 0 aliphatic carbocycles. The van der Waals surface area contributed by atoms with Crippen molar-refractivity contribution in [2.24, 2.45) is 0 Å². The van der Waals surface area contributed by atoms with Crippen LogP contribution in [0.15, 0.2) is 24.3 Å². The number of piperidine rings is 2. The Balaban J connectivity index is 1.34. The molecule has 0 amide bonds. The maximum Gasteiger partial charge on any atom is 0.135 e. The summed E-state index contributed by atoms with van der Waals surface area (Å²) < 4.78 is 5.87. The van der Waals surface area contributed by atoms with E-state index in [9.17, 15) is 4.79 Å². The van der Waals surface area contributed by atoms with E-state index in [1.54, 1.807) is 0 Å². The molecule has 1 aromatic rings. The van der Waals surface area contributed by atoms with Crippen LogP contribution in [0.25, 0.3) is 0 Å². The Kier molecular flexibility index (Phi) is 6.67. The van der Waals surface area contributed by atoms with Crippen LogP contribution < -0.4 is 4.74 Å². The molecule has 0 saturated carbocycles. The summed E-state index contributed by atoms with van der Waals surface area (Å²) in [5.74, 6) is 1.37. The Bertz CT molecular complexity index is 499. The number of ether oxygens (including phenoxy) is 1. The number of rotatable bonds is 7. The number of carbonyl (C=O) groups excluding carboxylic acids is 1. The lowest BCUT2D eigenvalue weighted by atomic mass is 10.1. The van der Waals surface area contributed by atoms with E-state index in [4.69, 9.17) is 4.74 Å². The topological polar surface area (TPSA) is 32.8 Å². The third-order valence-electron chi connectivity index (χ3n) is 5.08. The summed E-state index contributed by atoms with van der Waals surface area (Å²) in [5.41, 5.74) is 1.30. The largest absolute Gasteiger partial charge is 0.494 e. The van der Waals surface area contributed by atoms with Crippen LogP contribution in [0.3, 0.4) is 0 Å². The third kappa shape index (κ3) is 5.60. The quantitative estimate of drug-likeness (QED) is 0.719. The molecule has 0 bridgehead atoms. The fourth-order valence-electron chi connectivity index (χ4n) is 3.57. The number of hydrogen-bond donors (Lipinski definition) is 0. The summed E-state index contributed by atoms with van der Waals surface area (Å²) in [7, 11) is 0. The van der Waals surface area contributed by atoms with Crippen molar-refractivity contribution in [2.45, 2.75) is 45.1 Å². The number of hydrogen-bond acceptors (Lipinski definition) is 4. The van der Waals surface area contributed by atoms with Gasteiger partial charge >= 0.3 is 0 Å². The first-order valence-electron chi connectivity index (χ1n) is 9.48. The zero-order valence-corrected chi connectivity index (χ0v) is 14.7. The normalized spacial score (nSPS) is 20.2.